The maximum Gasteiger partial charge on any atom is 0.412 e. The number of methoxy groups -OCH3 is 1. The molecular weight excluding hydrogens is 414 g/mol. The highest BCUT2D eigenvalue weighted by molar-refractivity contribution is 5.86. The summed E-state index contributed by atoms with van der Waals surface area (Å²) < 4.78 is 10.7. The van der Waals surface area contributed by atoms with E-state index in [0.29, 0.717) is 35.4 Å². The minimum absolute atomic E-state index is 0.0854. The Morgan fingerprint density at radius 1 is 1.22 bits per heavy atom. The predicted molar refractivity (Wildman–Crippen MR) is 116 cm³/mol. The lowest BCUT2D eigenvalue weighted by Gasteiger charge is -2.25. The third kappa shape index (κ3) is 7.04. The van der Waals surface area contributed by atoms with Crippen LogP contribution in [0.25, 0.3) is 0 Å². The van der Waals surface area contributed by atoms with Crippen molar-refractivity contribution in [3.8, 4) is 17.6 Å². The number of rotatable bonds is 9. The minimum Gasteiger partial charge on any atom is -0.504 e. The first kappa shape index (κ1) is 24.2. The van der Waals surface area contributed by atoms with Crippen molar-refractivity contribution in [2.24, 2.45) is 5.92 Å². The largest absolute Gasteiger partial charge is 0.504 e. The number of carbonyl (C=O) groups is 2. The van der Waals surface area contributed by atoms with Gasteiger partial charge < -0.3 is 14.6 Å². The SMILES string of the molecule is COc1ccc([C@@H](OC(=O)Nc2ccc(C#N)cc2)[C@@H](C)CC/C=C/C(=O)NO)cc1O. The van der Waals surface area contributed by atoms with E-state index in [1.807, 2.05) is 13.0 Å². The molecule has 0 aliphatic heterocycles. The van der Waals surface area contributed by atoms with Crippen molar-refractivity contribution in [2.75, 3.05) is 12.4 Å². The van der Waals surface area contributed by atoms with Gasteiger partial charge in [-0.2, -0.15) is 5.26 Å². The fourth-order valence-electron chi connectivity index (χ4n) is 3.03. The number of nitriles is 1. The zero-order chi connectivity index (χ0) is 23.5. The fraction of sp³-hybridized carbons (Fsp3) is 0.261. The number of phenolic OH excluding ortho intramolecular Hbond substituents is 1. The van der Waals surface area contributed by atoms with E-state index in [2.05, 4.69) is 5.32 Å². The number of allylic oxidation sites excluding steroid dienone is 1. The van der Waals surface area contributed by atoms with Crippen molar-refractivity contribution in [1.82, 2.24) is 5.48 Å². The molecule has 2 amide bonds. The molecule has 0 unspecified atom stereocenters. The molecule has 0 aromatic heterocycles. The molecule has 0 saturated heterocycles. The molecule has 2 atom stereocenters. The number of carbonyl (C=O) groups excluding carboxylic acids is 2. The van der Waals surface area contributed by atoms with E-state index in [1.165, 1.54) is 24.7 Å². The molecule has 0 saturated carbocycles. The minimum atomic E-state index is -0.703. The average molecular weight is 439 g/mol. The van der Waals surface area contributed by atoms with Crippen molar-refractivity contribution < 1.29 is 29.4 Å². The van der Waals surface area contributed by atoms with Gasteiger partial charge in [0.2, 0.25) is 0 Å². The number of hydrogen-bond acceptors (Lipinski definition) is 7. The first-order valence-corrected chi connectivity index (χ1v) is 9.83. The van der Waals surface area contributed by atoms with Gasteiger partial charge in [-0.1, -0.05) is 19.1 Å². The Hall–Kier alpha value is -4.03. The van der Waals surface area contributed by atoms with Gasteiger partial charge in [0.25, 0.3) is 5.91 Å². The summed E-state index contributed by atoms with van der Waals surface area (Å²) in [6, 6.07) is 13.1. The van der Waals surface area contributed by atoms with Crippen LogP contribution in [-0.4, -0.2) is 29.4 Å². The smallest absolute Gasteiger partial charge is 0.412 e. The van der Waals surface area contributed by atoms with Crippen LogP contribution < -0.4 is 15.5 Å². The predicted octanol–water partition coefficient (Wildman–Crippen LogP) is 4.04. The fourth-order valence-corrected chi connectivity index (χ4v) is 3.03. The van der Waals surface area contributed by atoms with E-state index in [4.69, 9.17) is 19.9 Å². The van der Waals surface area contributed by atoms with Crippen LogP contribution in [0.15, 0.2) is 54.6 Å². The summed E-state index contributed by atoms with van der Waals surface area (Å²) in [5.74, 6) is -0.610. The molecule has 9 nitrogen and oxygen atoms in total. The van der Waals surface area contributed by atoms with Crippen LogP contribution >= 0.6 is 0 Å². The standard InChI is InChI=1S/C23H25N3O6/c1-15(5-3-4-6-21(28)26-30)22(17-9-12-20(31-2)19(27)13-17)32-23(29)25-18-10-7-16(14-24)8-11-18/h4,6-13,15,22,27,30H,3,5H2,1-2H3,(H,25,29)(H,26,28)/b6-4+/t15-,22-/m0/s1. The second-order valence-corrected chi connectivity index (χ2v) is 7.00. The number of hydroxylamine groups is 1. The highest BCUT2D eigenvalue weighted by atomic mass is 16.6. The summed E-state index contributed by atoms with van der Waals surface area (Å²) in [5, 5.41) is 30.2. The van der Waals surface area contributed by atoms with Gasteiger partial charge in [0.15, 0.2) is 11.5 Å². The second kappa shape index (κ2) is 12.0. The van der Waals surface area contributed by atoms with E-state index in [9.17, 15) is 14.7 Å². The third-order valence-electron chi connectivity index (χ3n) is 4.71. The Balaban J connectivity index is 2.15. The van der Waals surface area contributed by atoms with Crippen molar-refractivity contribution in [3.63, 3.8) is 0 Å². The quantitative estimate of drug-likeness (QED) is 0.262. The Morgan fingerprint density at radius 3 is 2.53 bits per heavy atom. The molecule has 0 spiro atoms. The van der Waals surface area contributed by atoms with Crippen LogP contribution in [0.4, 0.5) is 10.5 Å². The molecule has 2 aromatic rings. The van der Waals surface area contributed by atoms with Crippen LogP contribution in [0.3, 0.4) is 0 Å². The monoisotopic (exact) mass is 439 g/mol. The van der Waals surface area contributed by atoms with Crippen molar-refractivity contribution in [2.45, 2.75) is 25.9 Å². The highest BCUT2D eigenvalue weighted by Crippen LogP contribution is 2.35. The summed E-state index contributed by atoms with van der Waals surface area (Å²) in [6.45, 7) is 1.88. The number of benzene rings is 2. The molecule has 0 aliphatic rings. The second-order valence-electron chi connectivity index (χ2n) is 7.00. The lowest BCUT2D eigenvalue weighted by molar-refractivity contribution is -0.124. The van der Waals surface area contributed by atoms with Crippen LogP contribution in [0.5, 0.6) is 11.5 Å². The first-order chi connectivity index (χ1) is 15.4. The summed E-state index contributed by atoms with van der Waals surface area (Å²) in [5.41, 5.74) is 3.02. The van der Waals surface area contributed by atoms with Crippen molar-refractivity contribution in [3.05, 3.63) is 65.7 Å². The molecule has 168 valence electrons. The van der Waals surface area contributed by atoms with Gasteiger partial charge in [-0.15, -0.1) is 0 Å². The zero-order valence-electron chi connectivity index (χ0n) is 17.7. The van der Waals surface area contributed by atoms with Gasteiger partial charge in [0.1, 0.15) is 6.10 Å². The number of phenols is 1. The lowest BCUT2D eigenvalue weighted by Crippen LogP contribution is -2.22. The van der Waals surface area contributed by atoms with E-state index in [1.54, 1.807) is 42.5 Å². The molecule has 0 aliphatic carbocycles. The number of aromatic hydroxyl groups is 1. The van der Waals surface area contributed by atoms with Gasteiger partial charge in [-0.3, -0.25) is 15.3 Å². The maximum absolute atomic E-state index is 12.5. The lowest BCUT2D eigenvalue weighted by atomic mass is 9.92. The van der Waals surface area contributed by atoms with Crippen molar-refractivity contribution >= 4 is 17.7 Å². The molecule has 0 heterocycles. The molecule has 0 fully saturated rings. The number of nitrogens with zero attached hydrogens (tertiary/aromatic N) is 1. The third-order valence-corrected chi connectivity index (χ3v) is 4.71. The van der Waals surface area contributed by atoms with E-state index in [0.717, 1.165) is 0 Å². The number of amides is 2. The molecule has 32 heavy (non-hydrogen) atoms. The van der Waals surface area contributed by atoms with Crippen LogP contribution in [-0.2, 0) is 9.53 Å². The summed E-state index contributed by atoms with van der Waals surface area (Å²) in [6.07, 6.45) is 2.45. The van der Waals surface area contributed by atoms with E-state index < -0.39 is 18.1 Å². The maximum atomic E-state index is 12.5. The first-order valence-electron chi connectivity index (χ1n) is 9.83. The molecule has 2 aromatic carbocycles. The van der Waals surface area contributed by atoms with Crippen molar-refractivity contribution in [1.29, 1.82) is 5.26 Å². The Bertz CT molecular complexity index is 998. The molecule has 0 radical (unpaired) electrons. The molecule has 2 rings (SSSR count). The number of nitrogens with one attached hydrogen (secondary N) is 2. The number of ether oxygens (including phenoxy) is 2. The normalized spacial score (nSPS) is 12.4. The van der Waals surface area contributed by atoms with Crippen LogP contribution in [0.1, 0.15) is 37.0 Å². The summed E-state index contributed by atoms with van der Waals surface area (Å²) >= 11 is 0. The average Bonchev–Trinajstić information content (AvgIpc) is 2.80. The molecule has 9 heteroatoms. The van der Waals surface area contributed by atoms with Gasteiger partial charge >= 0.3 is 6.09 Å². The van der Waals surface area contributed by atoms with Crippen LogP contribution in [0.2, 0.25) is 0 Å². The molecule has 0 bridgehead atoms. The van der Waals surface area contributed by atoms with Gasteiger partial charge in [-0.25, -0.2) is 10.3 Å². The molecular formula is C23H25N3O6. The van der Waals surface area contributed by atoms with Gasteiger partial charge in [0.05, 0.1) is 18.7 Å². The highest BCUT2D eigenvalue weighted by Gasteiger charge is 2.24. The Morgan fingerprint density at radius 2 is 1.94 bits per heavy atom. The number of hydrogen-bond donors (Lipinski definition) is 4. The van der Waals surface area contributed by atoms with E-state index in [-0.39, 0.29) is 11.7 Å². The van der Waals surface area contributed by atoms with E-state index >= 15 is 0 Å². The summed E-state index contributed by atoms with van der Waals surface area (Å²) in [7, 11) is 1.44. The topological polar surface area (TPSA) is 141 Å². The molecule has 4 N–H and O–H groups in total. The van der Waals surface area contributed by atoms with Gasteiger partial charge in [0, 0.05) is 11.8 Å². The Kier molecular flexibility index (Phi) is 9.07. The summed E-state index contributed by atoms with van der Waals surface area (Å²) in [4.78, 5) is 23.6. The van der Waals surface area contributed by atoms with Gasteiger partial charge in [-0.05, 0) is 60.7 Å². The Labute approximate surface area is 185 Å². The number of anilines is 1. The zero-order valence-corrected chi connectivity index (χ0v) is 17.7. The van der Waals surface area contributed by atoms with Crippen LogP contribution in [0, 0.1) is 17.2 Å².